The van der Waals surface area contributed by atoms with Gasteiger partial charge in [-0.05, 0) is 12.1 Å². The summed E-state index contributed by atoms with van der Waals surface area (Å²) in [5.41, 5.74) is 2.44. The van der Waals surface area contributed by atoms with Gasteiger partial charge in [0.1, 0.15) is 0 Å². The van der Waals surface area contributed by atoms with Crippen LogP contribution in [0, 0.1) is 0 Å². The standard InChI is InChI=1S/C13H9ClN2O2S/c14-9-3-1-2-8(4-9)11-6-16-10(5-12(17)18)7-19-13(16)15-11/h1-4,6-7H,5H2,(H,17,18). The Balaban J connectivity index is 2.07. The molecule has 0 aliphatic carbocycles. The molecular weight excluding hydrogens is 284 g/mol. The summed E-state index contributed by atoms with van der Waals surface area (Å²) in [4.78, 5) is 16.1. The molecule has 1 N–H and O–H groups in total. The topological polar surface area (TPSA) is 54.6 Å². The average molecular weight is 293 g/mol. The first-order chi connectivity index (χ1) is 9.13. The largest absolute Gasteiger partial charge is 0.481 e. The lowest BCUT2D eigenvalue weighted by Crippen LogP contribution is -2.02. The van der Waals surface area contributed by atoms with Gasteiger partial charge in [-0.3, -0.25) is 9.20 Å². The van der Waals surface area contributed by atoms with Gasteiger partial charge >= 0.3 is 5.97 Å². The van der Waals surface area contributed by atoms with Crippen LogP contribution >= 0.6 is 22.9 Å². The van der Waals surface area contributed by atoms with E-state index in [1.165, 1.54) is 11.3 Å². The van der Waals surface area contributed by atoms with Crippen molar-refractivity contribution in [3.8, 4) is 11.3 Å². The highest BCUT2D eigenvalue weighted by Gasteiger charge is 2.11. The molecule has 0 bridgehead atoms. The minimum absolute atomic E-state index is 0.00859. The summed E-state index contributed by atoms with van der Waals surface area (Å²) in [6, 6.07) is 7.43. The lowest BCUT2D eigenvalue weighted by atomic mass is 10.2. The molecule has 0 saturated carbocycles. The molecule has 96 valence electrons. The fourth-order valence-corrected chi connectivity index (χ4v) is 2.96. The maximum atomic E-state index is 10.8. The second-order valence-electron chi connectivity index (χ2n) is 4.09. The molecule has 3 aromatic rings. The summed E-state index contributed by atoms with van der Waals surface area (Å²) in [6.07, 6.45) is 1.83. The van der Waals surface area contributed by atoms with Crippen molar-refractivity contribution in [2.45, 2.75) is 6.42 Å². The summed E-state index contributed by atoms with van der Waals surface area (Å²) >= 11 is 7.39. The van der Waals surface area contributed by atoms with Gasteiger partial charge in [0.05, 0.1) is 12.1 Å². The van der Waals surface area contributed by atoms with E-state index in [2.05, 4.69) is 4.98 Å². The van der Waals surface area contributed by atoms with Gasteiger partial charge in [0.2, 0.25) is 0 Å². The number of nitrogens with zero attached hydrogens (tertiary/aromatic N) is 2. The third-order valence-electron chi connectivity index (χ3n) is 2.74. The van der Waals surface area contributed by atoms with Crippen LogP contribution in [0.5, 0.6) is 0 Å². The number of rotatable bonds is 3. The van der Waals surface area contributed by atoms with Crippen LogP contribution in [0.1, 0.15) is 5.69 Å². The lowest BCUT2D eigenvalue weighted by Gasteiger charge is -1.96. The minimum atomic E-state index is -0.849. The first-order valence-corrected chi connectivity index (χ1v) is 6.82. The number of aliphatic carboxylic acids is 1. The Labute approximate surface area is 117 Å². The number of carboxylic acid groups (broad SMARTS) is 1. The van der Waals surface area contributed by atoms with Gasteiger partial charge < -0.3 is 5.11 Å². The monoisotopic (exact) mass is 292 g/mol. The Morgan fingerprint density at radius 2 is 2.32 bits per heavy atom. The van der Waals surface area contributed by atoms with E-state index in [9.17, 15) is 4.79 Å². The van der Waals surface area contributed by atoms with Gasteiger partial charge in [-0.1, -0.05) is 23.7 Å². The van der Waals surface area contributed by atoms with E-state index >= 15 is 0 Å². The molecule has 0 amide bonds. The van der Waals surface area contributed by atoms with Gasteiger partial charge in [0.25, 0.3) is 0 Å². The molecule has 0 spiro atoms. The van der Waals surface area contributed by atoms with Crippen LogP contribution in [0.15, 0.2) is 35.8 Å². The molecule has 2 aromatic heterocycles. The van der Waals surface area contributed by atoms with E-state index in [-0.39, 0.29) is 6.42 Å². The Bertz CT molecular complexity index is 763. The van der Waals surface area contributed by atoms with Gasteiger partial charge in [0.15, 0.2) is 4.96 Å². The van der Waals surface area contributed by atoms with E-state index in [1.807, 2.05) is 34.2 Å². The average Bonchev–Trinajstić information content (AvgIpc) is 2.91. The molecule has 4 nitrogen and oxygen atoms in total. The van der Waals surface area contributed by atoms with Crippen LogP contribution in [0.4, 0.5) is 0 Å². The molecule has 0 radical (unpaired) electrons. The smallest absolute Gasteiger partial charge is 0.309 e. The fraction of sp³-hybridized carbons (Fsp3) is 0.0769. The number of benzene rings is 1. The van der Waals surface area contributed by atoms with Crippen LogP contribution < -0.4 is 0 Å². The number of imidazole rings is 1. The van der Waals surface area contributed by atoms with Gasteiger partial charge in [-0.15, -0.1) is 11.3 Å². The van der Waals surface area contributed by atoms with Crippen LogP contribution in [-0.2, 0) is 11.2 Å². The molecule has 19 heavy (non-hydrogen) atoms. The molecule has 1 aromatic carbocycles. The van der Waals surface area contributed by atoms with E-state index in [0.717, 1.165) is 21.9 Å². The Hall–Kier alpha value is -1.85. The molecule has 6 heteroatoms. The highest BCUT2D eigenvalue weighted by molar-refractivity contribution is 7.15. The van der Waals surface area contributed by atoms with E-state index in [4.69, 9.17) is 16.7 Å². The van der Waals surface area contributed by atoms with Crippen molar-refractivity contribution in [3.05, 3.63) is 46.6 Å². The summed E-state index contributed by atoms with van der Waals surface area (Å²) in [5, 5.41) is 11.3. The highest BCUT2D eigenvalue weighted by Crippen LogP contribution is 2.25. The Kier molecular flexibility index (Phi) is 3.00. The molecular formula is C13H9ClN2O2S. The molecule has 0 aliphatic rings. The van der Waals surface area contributed by atoms with Crippen molar-refractivity contribution in [3.63, 3.8) is 0 Å². The summed E-state index contributed by atoms with van der Waals surface area (Å²) in [6.45, 7) is 0. The zero-order valence-corrected chi connectivity index (χ0v) is 11.3. The van der Waals surface area contributed by atoms with Gasteiger partial charge in [-0.25, -0.2) is 4.98 Å². The van der Waals surface area contributed by atoms with Crippen molar-refractivity contribution >= 4 is 33.9 Å². The van der Waals surface area contributed by atoms with Crippen molar-refractivity contribution in [2.24, 2.45) is 0 Å². The van der Waals surface area contributed by atoms with Crippen LogP contribution in [0.25, 0.3) is 16.2 Å². The Morgan fingerprint density at radius 1 is 1.47 bits per heavy atom. The van der Waals surface area contributed by atoms with Crippen molar-refractivity contribution in [1.82, 2.24) is 9.38 Å². The van der Waals surface area contributed by atoms with Crippen LogP contribution in [0.2, 0.25) is 5.02 Å². The molecule has 3 rings (SSSR count). The van der Waals surface area contributed by atoms with Crippen molar-refractivity contribution < 1.29 is 9.90 Å². The number of halogens is 1. The lowest BCUT2D eigenvalue weighted by molar-refractivity contribution is -0.136. The first-order valence-electron chi connectivity index (χ1n) is 5.56. The number of thiazole rings is 1. The second kappa shape index (κ2) is 4.68. The minimum Gasteiger partial charge on any atom is -0.481 e. The van der Waals surface area contributed by atoms with E-state index in [1.54, 1.807) is 6.07 Å². The normalized spacial score (nSPS) is 11.0. The molecule has 0 atom stereocenters. The molecule has 2 heterocycles. The number of hydrogen-bond acceptors (Lipinski definition) is 3. The van der Waals surface area contributed by atoms with Crippen molar-refractivity contribution in [1.29, 1.82) is 0 Å². The molecule has 0 unspecified atom stereocenters. The van der Waals surface area contributed by atoms with Crippen LogP contribution in [-0.4, -0.2) is 20.5 Å². The molecule has 0 fully saturated rings. The van der Waals surface area contributed by atoms with E-state index in [0.29, 0.717) is 5.02 Å². The highest BCUT2D eigenvalue weighted by atomic mass is 35.5. The summed E-state index contributed by atoms with van der Waals surface area (Å²) in [5.74, 6) is -0.849. The maximum Gasteiger partial charge on any atom is 0.309 e. The summed E-state index contributed by atoms with van der Waals surface area (Å²) < 4.78 is 1.81. The number of carbonyl (C=O) groups is 1. The summed E-state index contributed by atoms with van der Waals surface area (Å²) in [7, 11) is 0. The van der Waals surface area contributed by atoms with Crippen molar-refractivity contribution in [2.75, 3.05) is 0 Å². The Morgan fingerprint density at radius 3 is 3.05 bits per heavy atom. The number of carboxylic acids is 1. The second-order valence-corrected chi connectivity index (χ2v) is 5.36. The third kappa shape index (κ3) is 2.34. The zero-order chi connectivity index (χ0) is 13.4. The maximum absolute atomic E-state index is 10.8. The first kappa shape index (κ1) is 12.2. The SMILES string of the molecule is O=C(O)Cc1csc2nc(-c3cccc(Cl)c3)cn12. The molecule has 0 saturated heterocycles. The van der Waals surface area contributed by atoms with Gasteiger partial charge in [0, 0.05) is 27.9 Å². The van der Waals surface area contributed by atoms with E-state index < -0.39 is 5.97 Å². The fourth-order valence-electron chi connectivity index (χ4n) is 1.90. The number of hydrogen-bond donors (Lipinski definition) is 1. The number of aromatic nitrogens is 2. The predicted octanol–water partition coefficient (Wildman–Crippen LogP) is 3.34. The predicted molar refractivity (Wildman–Crippen MR) is 74.9 cm³/mol. The van der Waals surface area contributed by atoms with Crippen LogP contribution in [0.3, 0.4) is 0 Å². The zero-order valence-electron chi connectivity index (χ0n) is 9.71. The third-order valence-corrected chi connectivity index (χ3v) is 3.86. The number of fused-ring (bicyclic) bond motifs is 1. The quantitative estimate of drug-likeness (QED) is 0.805. The van der Waals surface area contributed by atoms with Gasteiger partial charge in [-0.2, -0.15) is 0 Å². The molecule has 0 aliphatic heterocycles.